The summed E-state index contributed by atoms with van der Waals surface area (Å²) in [5, 5.41) is 8.78. The van der Waals surface area contributed by atoms with Gasteiger partial charge in [-0.15, -0.1) is 0 Å². The molecule has 0 aromatic carbocycles. The Morgan fingerprint density at radius 3 is 2.59 bits per heavy atom. The number of carboxylic acid groups (broad SMARTS) is 1. The van der Waals surface area contributed by atoms with Crippen LogP contribution in [0.3, 0.4) is 0 Å². The summed E-state index contributed by atoms with van der Waals surface area (Å²) in [6.07, 6.45) is 12.1. The lowest BCUT2D eigenvalue weighted by Gasteiger charge is -2.33. The van der Waals surface area contributed by atoms with Crippen molar-refractivity contribution in [3.8, 4) is 0 Å². The molecule has 0 fully saturated rings. The van der Waals surface area contributed by atoms with Crippen LogP contribution in [-0.4, -0.2) is 11.1 Å². The van der Waals surface area contributed by atoms with Gasteiger partial charge < -0.3 is 5.11 Å². The van der Waals surface area contributed by atoms with Gasteiger partial charge in [-0.1, -0.05) is 58.3 Å². The first kappa shape index (κ1) is 19.0. The van der Waals surface area contributed by atoms with E-state index in [2.05, 4.69) is 39.8 Å². The Morgan fingerprint density at radius 1 is 1.32 bits per heavy atom. The van der Waals surface area contributed by atoms with E-state index < -0.39 is 5.97 Å². The molecular formula is C20H34O2. The molecule has 2 nitrogen and oxygen atoms in total. The summed E-state index contributed by atoms with van der Waals surface area (Å²) >= 11 is 0. The van der Waals surface area contributed by atoms with Crippen molar-refractivity contribution < 1.29 is 9.90 Å². The Morgan fingerprint density at radius 2 is 2.00 bits per heavy atom. The summed E-state index contributed by atoms with van der Waals surface area (Å²) in [5.74, 6) is 0.174. The Bertz CT molecular complexity index is 429. The van der Waals surface area contributed by atoms with Crippen LogP contribution in [-0.2, 0) is 4.79 Å². The van der Waals surface area contributed by atoms with Gasteiger partial charge in [-0.3, -0.25) is 4.79 Å². The van der Waals surface area contributed by atoms with E-state index in [4.69, 9.17) is 5.11 Å². The maximum atomic E-state index is 10.7. The molecule has 2 atom stereocenters. The molecule has 0 heterocycles. The van der Waals surface area contributed by atoms with E-state index in [1.807, 2.05) is 6.92 Å². The topological polar surface area (TPSA) is 37.3 Å². The van der Waals surface area contributed by atoms with Crippen LogP contribution in [0.5, 0.6) is 0 Å². The molecule has 0 amide bonds. The second kappa shape index (κ2) is 8.55. The summed E-state index contributed by atoms with van der Waals surface area (Å²) in [4.78, 5) is 10.7. The van der Waals surface area contributed by atoms with Gasteiger partial charge in [-0.2, -0.15) is 0 Å². The largest absolute Gasteiger partial charge is 0.481 e. The van der Waals surface area contributed by atoms with Crippen LogP contribution in [0.4, 0.5) is 0 Å². The normalized spacial score (nSPS) is 21.1. The molecular weight excluding hydrogens is 272 g/mol. The van der Waals surface area contributed by atoms with Crippen molar-refractivity contribution in [3.05, 3.63) is 23.3 Å². The predicted molar refractivity (Wildman–Crippen MR) is 93.9 cm³/mol. The van der Waals surface area contributed by atoms with E-state index in [0.29, 0.717) is 17.8 Å². The zero-order valence-corrected chi connectivity index (χ0v) is 15.1. The minimum atomic E-state index is -0.678. The minimum Gasteiger partial charge on any atom is -0.481 e. The fourth-order valence-electron chi connectivity index (χ4n) is 3.56. The van der Waals surface area contributed by atoms with Crippen molar-refractivity contribution in [2.45, 2.75) is 79.6 Å². The Balaban J connectivity index is 2.44. The van der Waals surface area contributed by atoms with Crippen molar-refractivity contribution in [1.82, 2.24) is 0 Å². The van der Waals surface area contributed by atoms with Crippen LogP contribution in [0.2, 0.25) is 0 Å². The average molecular weight is 306 g/mol. The molecule has 0 saturated carbocycles. The third kappa shape index (κ3) is 6.37. The monoisotopic (exact) mass is 306 g/mol. The van der Waals surface area contributed by atoms with Crippen molar-refractivity contribution in [2.75, 3.05) is 0 Å². The first-order chi connectivity index (χ1) is 10.2. The van der Waals surface area contributed by atoms with E-state index in [-0.39, 0.29) is 5.92 Å². The number of carboxylic acids is 1. The van der Waals surface area contributed by atoms with Gasteiger partial charge in [0.25, 0.3) is 0 Å². The van der Waals surface area contributed by atoms with E-state index in [0.717, 1.165) is 19.3 Å². The molecule has 1 aliphatic rings. The second-order valence-corrected chi connectivity index (χ2v) is 7.90. The molecule has 0 saturated heterocycles. The van der Waals surface area contributed by atoms with Crippen molar-refractivity contribution in [2.24, 2.45) is 17.3 Å². The van der Waals surface area contributed by atoms with Crippen molar-refractivity contribution in [1.29, 1.82) is 0 Å². The van der Waals surface area contributed by atoms with Crippen molar-refractivity contribution >= 4 is 5.97 Å². The smallest absolute Gasteiger partial charge is 0.303 e. The standard InChI is InChI=1S/C20H34O2/c1-15(8-6-9-16(2)14-19(21)22)11-12-18-17(3)10-7-13-20(18,4)5/h11-12,15-16H,6-10,13-14H2,1-5H3,(H,21,22)/b12-11+. The highest BCUT2D eigenvalue weighted by Gasteiger charge is 2.26. The zero-order chi connectivity index (χ0) is 16.8. The zero-order valence-electron chi connectivity index (χ0n) is 15.1. The van der Waals surface area contributed by atoms with E-state index in [1.54, 1.807) is 5.57 Å². The number of allylic oxidation sites excluding steroid dienone is 4. The van der Waals surface area contributed by atoms with Crippen LogP contribution in [0.25, 0.3) is 0 Å². The number of rotatable bonds is 8. The summed E-state index contributed by atoms with van der Waals surface area (Å²) in [5.41, 5.74) is 3.40. The summed E-state index contributed by atoms with van der Waals surface area (Å²) in [7, 11) is 0. The lowest BCUT2D eigenvalue weighted by Crippen LogP contribution is -2.19. The van der Waals surface area contributed by atoms with Gasteiger partial charge in [0, 0.05) is 6.42 Å². The third-order valence-electron chi connectivity index (χ3n) is 5.01. The lowest BCUT2D eigenvalue weighted by molar-refractivity contribution is -0.138. The minimum absolute atomic E-state index is 0.288. The van der Waals surface area contributed by atoms with E-state index in [9.17, 15) is 4.79 Å². The third-order valence-corrected chi connectivity index (χ3v) is 5.01. The second-order valence-electron chi connectivity index (χ2n) is 7.90. The number of hydrogen-bond donors (Lipinski definition) is 1. The lowest BCUT2D eigenvalue weighted by atomic mass is 9.72. The van der Waals surface area contributed by atoms with Gasteiger partial charge in [-0.05, 0) is 55.4 Å². The van der Waals surface area contributed by atoms with Crippen LogP contribution in [0, 0.1) is 17.3 Å². The van der Waals surface area contributed by atoms with Crippen LogP contribution in [0.1, 0.15) is 79.6 Å². The number of aliphatic carboxylic acids is 1. The molecule has 2 heteroatoms. The van der Waals surface area contributed by atoms with Gasteiger partial charge >= 0.3 is 5.97 Å². The predicted octanol–water partition coefficient (Wildman–Crippen LogP) is 5.99. The van der Waals surface area contributed by atoms with Gasteiger partial charge in [-0.25, -0.2) is 0 Å². The quantitative estimate of drug-likeness (QED) is 0.598. The van der Waals surface area contributed by atoms with Crippen LogP contribution in [0.15, 0.2) is 23.3 Å². The molecule has 1 N–H and O–H groups in total. The van der Waals surface area contributed by atoms with Gasteiger partial charge in [0.2, 0.25) is 0 Å². The highest BCUT2D eigenvalue weighted by atomic mass is 16.4. The summed E-state index contributed by atoms with van der Waals surface area (Å²) in [6.45, 7) is 11.3. The highest BCUT2D eigenvalue weighted by Crippen LogP contribution is 2.40. The molecule has 2 unspecified atom stereocenters. The fraction of sp³-hybridized carbons (Fsp3) is 0.750. The summed E-state index contributed by atoms with van der Waals surface area (Å²) in [6, 6.07) is 0. The first-order valence-corrected chi connectivity index (χ1v) is 8.82. The highest BCUT2D eigenvalue weighted by molar-refractivity contribution is 5.66. The molecule has 0 aliphatic heterocycles. The first-order valence-electron chi connectivity index (χ1n) is 8.82. The van der Waals surface area contributed by atoms with Crippen molar-refractivity contribution in [3.63, 3.8) is 0 Å². The average Bonchev–Trinajstić information content (AvgIpc) is 2.36. The molecule has 1 aliphatic carbocycles. The van der Waals surface area contributed by atoms with Crippen LogP contribution < -0.4 is 0 Å². The maximum Gasteiger partial charge on any atom is 0.303 e. The van der Waals surface area contributed by atoms with Gasteiger partial charge in [0.1, 0.15) is 0 Å². The molecule has 0 spiro atoms. The Kier molecular flexibility index (Phi) is 7.38. The number of hydrogen-bond acceptors (Lipinski definition) is 1. The fourth-order valence-corrected chi connectivity index (χ4v) is 3.56. The maximum absolute atomic E-state index is 10.7. The van der Waals surface area contributed by atoms with E-state index >= 15 is 0 Å². The molecule has 0 aromatic heterocycles. The summed E-state index contributed by atoms with van der Waals surface area (Å²) < 4.78 is 0. The molecule has 0 radical (unpaired) electrons. The van der Waals surface area contributed by atoms with E-state index in [1.165, 1.54) is 24.8 Å². The molecule has 0 aromatic rings. The van der Waals surface area contributed by atoms with Gasteiger partial charge in [0.05, 0.1) is 0 Å². The Labute approximate surface area is 136 Å². The Hall–Kier alpha value is -1.05. The molecule has 126 valence electrons. The number of carbonyl (C=O) groups is 1. The SMILES string of the molecule is CC1=C(/C=C/C(C)CCCC(C)CC(=O)O)C(C)(C)CCC1. The molecule has 22 heavy (non-hydrogen) atoms. The van der Waals surface area contributed by atoms with Gasteiger partial charge in [0.15, 0.2) is 0 Å². The molecule has 1 rings (SSSR count). The molecule has 0 bridgehead atoms. The van der Waals surface area contributed by atoms with Crippen LogP contribution >= 0.6 is 0 Å².